The summed E-state index contributed by atoms with van der Waals surface area (Å²) in [6.07, 6.45) is 0.623. The van der Waals surface area contributed by atoms with Crippen LogP contribution in [0, 0.1) is 0 Å². The van der Waals surface area contributed by atoms with E-state index in [1.165, 1.54) is 6.92 Å². The predicted molar refractivity (Wildman–Crippen MR) is 68.6 cm³/mol. The first kappa shape index (κ1) is 13.5. The van der Waals surface area contributed by atoms with Crippen molar-refractivity contribution in [2.75, 3.05) is 13.2 Å². The lowest BCUT2D eigenvalue weighted by atomic mass is 10.1. The average molecular weight is 263 g/mol. The van der Waals surface area contributed by atoms with Crippen LogP contribution in [0.4, 0.5) is 0 Å². The van der Waals surface area contributed by atoms with Crippen molar-refractivity contribution < 1.29 is 19.1 Å². The van der Waals surface area contributed by atoms with E-state index in [1.807, 2.05) is 0 Å². The molecule has 0 saturated carbocycles. The average Bonchev–Trinajstić information content (AvgIpc) is 2.89. The smallest absolute Gasteiger partial charge is 0.338 e. The maximum Gasteiger partial charge on any atom is 0.338 e. The largest absolute Gasteiger partial charge is 0.456 e. The van der Waals surface area contributed by atoms with E-state index in [4.69, 9.17) is 9.47 Å². The number of amides is 1. The first-order valence-corrected chi connectivity index (χ1v) is 6.27. The van der Waals surface area contributed by atoms with Crippen molar-refractivity contribution in [3.8, 4) is 0 Å². The molecule has 1 aliphatic heterocycles. The lowest BCUT2D eigenvalue weighted by molar-refractivity contribution is -0.119. The summed E-state index contributed by atoms with van der Waals surface area (Å²) in [7, 11) is 0. The first-order valence-electron chi connectivity index (χ1n) is 6.27. The van der Waals surface area contributed by atoms with Gasteiger partial charge in [-0.2, -0.15) is 0 Å². The molecular weight excluding hydrogens is 246 g/mol. The van der Waals surface area contributed by atoms with Crippen LogP contribution in [-0.4, -0.2) is 31.2 Å². The Kier molecular flexibility index (Phi) is 4.52. The highest BCUT2D eigenvalue weighted by Crippen LogP contribution is 2.12. The second-order valence-electron chi connectivity index (χ2n) is 4.50. The Balaban J connectivity index is 1.89. The van der Waals surface area contributed by atoms with Crippen molar-refractivity contribution >= 4 is 11.9 Å². The molecule has 102 valence electrons. The van der Waals surface area contributed by atoms with Crippen LogP contribution < -0.4 is 5.32 Å². The van der Waals surface area contributed by atoms with Gasteiger partial charge in [-0.1, -0.05) is 12.1 Å². The monoisotopic (exact) mass is 263 g/mol. The quantitative estimate of drug-likeness (QED) is 0.831. The minimum Gasteiger partial charge on any atom is -0.456 e. The molecule has 1 heterocycles. The number of benzene rings is 1. The van der Waals surface area contributed by atoms with Gasteiger partial charge in [0.1, 0.15) is 6.10 Å². The highest BCUT2D eigenvalue weighted by molar-refractivity contribution is 5.89. The van der Waals surface area contributed by atoms with Gasteiger partial charge in [0.25, 0.3) is 0 Å². The molecular formula is C14H17NO4. The van der Waals surface area contributed by atoms with Gasteiger partial charge in [-0.3, -0.25) is 4.79 Å². The third-order valence-corrected chi connectivity index (χ3v) is 2.89. The number of carbonyl (C=O) groups excluding carboxylic acids is 2. The molecule has 0 aliphatic carbocycles. The molecule has 1 atom stereocenters. The number of nitrogens with one attached hydrogen (secondary N) is 1. The zero-order valence-electron chi connectivity index (χ0n) is 10.8. The van der Waals surface area contributed by atoms with Crippen LogP contribution in [0.1, 0.15) is 29.3 Å². The highest BCUT2D eigenvalue weighted by atomic mass is 16.6. The molecule has 1 N–H and O–H groups in total. The molecule has 1 saturated heterocycles. The van der Waals surface area contributed by atoms with Gasteiger partial charge in [-0.05, 0) is 17.7 Å². The van der Waals surface area contributed by atoms with Crippen LogP contribution in [0.15, 0.2) is 24.3 Å². The van der Waals surface area contributed by atoms with E-state index in [2.05, 4.69) is 5.32 Å². The van der Waals surface area contributed by atoms with Crippen molar-refractivity contribution in [2.45, 2.75) is 26.0 Å². The summed E-state index contributed by atoms with van der Waals surface area (Å²) < 4.78 is 10.5. The normalized spacial score (nSPS) is 18.1. The summed E-state index contributed by atoms with van der Waals surface area (Å²) in [4.78, 5) is 22.6. The van der Waals surface area contributed by atoms with E-state index in [0.717, 1.165) is 12.0 Å². The van der Waals surface area contributed by atoms with Crippen molar-refractivity contribution in [3.63, 3.8) is 0 Å². The van der Waals surface area contributed by atoms with Gasteiger partial charge in [0.15, 0.2) is 0 Å². The fourth-order valence-corrected chi connectivity index (χ4v) is 1.81. The Labute approximate surface area is 111 Å². The summed E-state index contributed by atoms with van der Waals surface area (Å²) in [6, 6.07) is 7.01. The summed E-state index contributed by atoms with van der Waals surface area (Å²) in [5, 5.41) is 2.70. The van der Waals surface area contributed by atoms with Crippen molar-refractivity contribution in [1.82, 2.24) is 5.32 Å². The summed E-state index contributed by atoms with van der Waals surface area (Å²) in [5.74, 6) is -0.411. The third kappa shape index (κ3) is 4.06. The van der Waals surface area contributed by atoms with Crippen LogP contribution in [0.3, 0.4) is 0 Å². The van der Waals surface area contributed by atoms with Gasteiger partial charge in [-0.25, -0.2) is 4.79 Å². The van der Waals surface area contributed by atoms with E-state index >= 15 is 0 Å². The maximum atomic E-state index is 11.8. The van der Waals surface area contributed by atoms with E-state index in [9.17, 15) is 9.59 Å². The fourth-order valence-electron chi connectivity index (χ4n) is 1.81. The lowest BCUT2D eigenvalue weighted by Gasteiger charge is -2.10. The molecule has 1 amide bonds. The Bertz CT molecular complexity index is 449. The zero-order chi connectivity index (χ0) is 13.7. The molecule has 1 aliphatic rings. The molecule has 0 bridgehead atoms. The van der Waals surface area contributed by atoms with Gasteiger partial charge in [-0.15, -0.1) is 0 Å². The van der Waals surface area contributed by atoms with Crippen LogP contribution in [0.25, 0.3) is 0 Å². The Morgan fingerprint density at radius 1 is 1.37 bits per heavy atom. The van der Waals surface area contributed by atoms with E-state index in [0.29, 0.717) is 25.3 Å². The summed E-state index contributed by atoms with van der Waals surface area (Å²) in [6.45, 7) is 3.05. The lowest BCUT2D eigenvalue weighted by Crippen LogP contribution is -2.19. The minimum atomic E-state index is -0.332. The Morgan fingerprint density at radius 2 is 2.11 bits per heavy atom. The molecule has 19 heavy (non-hydrogen) atoms. The van der Waals surface area contributed by atoms with Crippen molar-refractivity contribution in [1.29, 1.82) is 0 Å². The fraction of sp³-hybridized carbons (Fsp3) is 0.429. The number of carbonyl (C=O) groups is 2. The molecule has 1 fully saturated rings. The SMILES string of the molecule is CC(=O)NCc1ccc(C(=O)OC2CCOC2)cc1. The predicted octanol–water partition coefficient (Wildman–Crippen LogP) is 1.27. The van der Waals surface area contributed by atoms with Gasteiger partial charge >= 0.3 is 5.97 Å². The molecule has 1 aromatic rings. The zero-order valence-corrected chi connectivity index (χ0v) is 10.8. The van der Waals surface area contributed by atoms with Crippen LogP contribution in [0.5, 0.6) is 0 Å². The minimum absolute atomic E-state index is 0.0790. The number of rotatable bonds is 4. The first-order chi connectivity index (χ1) is 9.15. The molecule has 2 rings (SSSR count). The molecule has 0 radical (unpaired) electrons. The number of hydrogen-bond acceptors (Lipinski definition) is 4. The van der Waals surface area contributed by atoms with Crippen LogP contribution in [-0.2, 0) is 20.8 Å². The van der Waals surface area contributed by atoms with E-state index in [-0.39, 0.29) is 18.0 Å². The molecule has 5 nitrogen and oxygen atoms in total. The van der Waals surface area contributed by atoms with Crippen molar-refractivity contribution in [2.24, 2.45) is 0 Å². The number of hydrogen-bond donors (Lipinski definition) is 1. The summed E-state index contributed by atoms with van der Waals surface area (Å²) in [5.41, 5.74) is 1.45. The maximum absolute atomic E-state index is 11.8. The standard InChI is InChI=1S/C14H17NO4/c1-10(16)15-8-11-2-4-12(5-3-11)14(17)19-13-6-7-18-9-13/h2-5,13H,6-9H2,1H3,(H,15,16). The molecule has 0 spiro atoms. The molecule has 1 aromatic carbocycles. The number of ether oxygens (including phenoxy) is 2. The molecule has 1 unspecified atom stereocenters. The highest BCUT2D eigenvalue weighted by Gasteiger charge is 2.20. The van der Waals surface area contributed by atoms with Gasteiger partial charge in [0, 0.05) is 19.9 Å². The van der Waals surface area contributed by atoms with E-state index in [1.54, 1.807) is 24.3 Å². The van der Waals surface area contributed by atoms with Gasteiger partial charge < -0.3 is 14.8 Å². The van der Waals surface area contributed by atoms with Crippen LogP contribution in [0.2, 0.25) is 0 Å². The second-order valence-corrected chi connectivity index (χ2v) is 4.50. The second kappa shape index (κ2) is 6.33. The topological polar surface area (TPSA) is 64.6 Å². The third-order valence-electron chi connectivity index (χ3n) is 2.89. The summed E-state index contributed by atoms with van der Waals surface area (Å²) >= 11 is 0. The van der Waals surface area contributed by atoms with Gasteiger partial charge in [0.2, 0.25) is 5.91 Å². The number of esters is 1. The molecule has 5 heteroatoms. The van der Waals surface area contributed by atoms with E-state index < -0.39 is 0 Å². The van der Waals surface area contributed by atoms with Crippen LogP contribution >= 0.6 is 0 Å². The Morgan fingerprint density at radius 3 is 2.68 bits per heavy atom. The Hall–Kier alpha value is -1.88. The van der Waals surface area contributed by atoms with Crippen molar-refractivity contribution in [3.05, 3.63) is 35.4 Å². The molecule has 0 aromatic heterocycles. The van der Waals surface area contributed by atoms with Gasteiger partial charge in [0.05, 0.1) is 18.8 Å².